The van der Waals surface area contributed by atoms with E-state index in [4.69, 9.17) is 11.5 Å². The van der Waals surface area contributed by atoms with Crippen LogP contribution >= 0.6 is 27.3 Å². The average Bonchev–Trinajstić information content (AvgIpc) is 2.47. The van der Waals surface area contributed by atoms with Gasteiger partial charge < -0.3 is 11.5 Å². The molecule has 1 aromatic heterocycles. The molecule has 0 amide bonds. The molecule has 2 rings (SSSR count). The van der Waals surface area contributed by atoms with Gasteiger partial charge in [0.1, 0.15) is 0 Å². The van der Waals surface area contributed by atoms with Crippen molar-refractivity contribution >= 4 is 48.6 Å². The highest BCUT2D eigenvalue weighted by atomic mass is 79.9. The molecule has 6 heteroatoms. The Morgan fingerprint density at radius 3 is 2.86 bits per heavy atom. The monoisotopic (exact) mass is 270 g/mol. The lowest BCUT2D eigenvalue weighted by Gasteiger charge is -1.88. The molecule has 2 aromatic rings. The highest BCUT2D eigenvalue weighted by Crippen LogP contribution is 2.32. The molecule has 1 aromatic carbocycles. The van der Waals surface area contributed by atoms with E-state index in [9.17, 15) is 0 Å². The summed E-state index contributed by atoms with van der Waals surface area (Å²) in [7, 11) is 0. The Balaban J connectivity index is 2.63. The average molecular weight is 271 g/mol. The van der Waals surface area contributed by atoms with Crippen LogP contribution in [0.5, 0.6) is 0 Å². The van der Waals surface area contributed by atoms with Crippen molar-refractivity contribution in [3.63, 3.8) is 0 Å². The Bertz CT molecular complexity index is 501. The van der Waals surface area contributed by atoms with Gasteiger partial charge in [0.25, 0.3) is 0 Å². The minimum absolute atomic E-state index is 0.0279. The minimum atomic E-state index is 0.0279. The molecule has 0 unspecified atom stereocenters. The fourth-order valence-corrected chi connectivity index (χ4v) is 2.53. The van der Waals surface area contributed by atoms with Crippen molar-refractivity contribution in [1.82, 2.24) is 4.98 Å². The van der Waals surface area contributed by atoms with E-state index >= 15 is 0 Å². The zero-order valence-corrected chi connectivity index (χ0v) is 9.47. The summed E-state index contributed by atoms with van der Waals surface area (Å²) in [5.74, 6) is 0.0279. The molecule has 0 aliphatic rings. The molecule has 14 heavy (non-hydrogen) atoms. The first-order valence-electron chi connectivity index (χ1n) is 3.81. The van der Waals surface area contributed by atoms with E-state index in [0.717, 1.165) is 14.7 Å². The van der Waals surface area contributed by atoms with Gasteiger partial charge in [0.15, 0.2) is 5.96 Å². The Kier molecular flexibility index (Phi) is 2.39. The zero-order valence-electron chi connectivity index (χ0n) is 7.07. The smallest absolute Gasteiger partial charge is 0.213 e. The largest absolute Gasteiger partial charge is 0.370 e. The fraction of sp³-hybridized carbons (Fsp3) is 0. The first-order chi connectivity index (χ1) is 6.66. The van der Waals surface area contributed by atoms with Gasteiger partial charge in [-0.15, -0.1) is 0 Å². The molecule has 0 saturated heterocycles. The van der Waals surface area contributed by atoms with Crippen LogP contribution in [-0.2, 0) is 0 Å². The van der Waals surface area contributed by atoms with Gasteiger partial charge in [-0.1, -0.05) is 17.4 Å². The third-order valence-corrected chi connectivity index (χ3v) is 3.14. The predicted molar refractivity (Wildman–Crippen MR) is 62.8 cm³/mol. The lowest BCUT2D eigenvalue weighted by atomic mass is 10.3. The first kappa shape index (κ1) is 9.42. The molecule has 0 saturated carbocycles. The number of nitrogens with two attached hydrogens (primary N) is 2. The summed E-state index contributed by atoms with van der Waals surface area (Å²) in [6.07, 6.45) is 0. The summed E-state index contributed by atoms with van der Waals surface area (Å²) >= 11 is 4.86. The molecule has 1 heterocycles. The number of benzene rings is 1. The highest BCUT2D eigenvalue weighted by Gasteiger charge is 2.05. The van der Waals surface area contributed by atoms with E-state index in [1.54, 1.807) is 0 Å². The molecular weight excluding hydrogens is 264 g/mol. The van der Waals surface area contributed by atoms with Crippen LogP contribution in [0.15, 0.2) is 27.7 Å². The van der Waals surface area contributed by atoms with Crippen LogP contribution in [-0.4, -0.2) is 10.9 Å². The number of guanidine groups is 1. The highest BCUT2D eigenvalue weighted by molar-refractivity contribution is 9.10. The Morgan fingerprint density at radius 1 is 1.43 bits per heavy atom. The van der Waals surface area contributed by atoms with Gasteiger partial charge in [-0.3, -0.25) is 0 Å². The molecule has 0 aliphatic heterocycles. The summed E-state index contributed by atoms with van der Waals surface area (Å²) in [4.78, 5) is 8.17. The van der Waals surface area contributed by atoms with Gasteiger partial charge in [-0.2, -0.15) is 4.99 Å². The number of aliphatic imine (C=N–C) groups is 1. The van der Waals surface area contributed by atoms with E-state index in [0.29, 0.717) is 5.13 Å². The van der Waals surface area contributed by atoms with Crippen LogP contribution in [0, 0.1) is 0 Å². The molecule has 0 fully saturated rings. The third kappa shape index (κ3) is 1.71. The number of halogens is 1. The molecule has 0 atom stereocenters. The number of hydrogen-bond donors (Lipinski definition) is 2. The third-order valence-electron chi connectivity index (χ3n) is 1.58. The van der Waals surface area contributed by atoms with Gasteiger partial charge in [0.05, 0.1) is 10.2 Å². The van der Waals surface area contributed by atoms with Gasteiger partial charge in [-0.25, -0.2) is 4.98 Å². The summed E-state index contributed by atoms with van der Waals surface area (Å²) in [6.45, 7) is 0. The number of thiazole rings is 1. The van der Waals surface area contributed by atoms with E-state index in [-0.39, 0.29) is 5.96 Å². The molecule has 0 radical (unpaired) electrons. The van der Waals surface area contributed by atoms with Crippen LogP contribution < -0.4 is 11.5 Å². The van der Waals surface area contributed by atoms with Crippen LogP contribution in [0.3, 0.4) is 0 Å². The minimum Gasteiger partial charge on any atom is -0.370 e. The number of nitrogens with zero attached hydrogens (tertiary/aromatic N) is 2. The van der Waals surface area contributed by atoms with Gasteiger partial charge in [0, 0.05) is 4.47 Å². The summed E-state index contributed by atoms with van der Waals surface area (Å²) in [5.41, 5.74) is 11.4. The zero-order chi connectivity index (χ0) is 10.1. The second-order valence-corrected chi connectivity index (χ2v) is 4.48. The number of aromatic nitrogens is 1. The van der Waals surface area contributed by atoms with E-state index < -0.39 is 0 Å². The second-order valence-electron chi connectivity index (χ2n) is 2.62. The molecule has 4 nitrogen and oxygen atoms in total. The van der Waals surface area contributed by atoms with Crippen LogP contribution in [0.2, 0.25) is 0 Å². The molecular formula is C8H7BrN4S. The lowest BCUT2D eigenvalue weighted by molar-refractivity contribution is 1.36. The van der Waals surface area contributed by atoms with Gasteiger partial charge >= 0.3 is 0 Å². The maximum absolute atomic E-state index is 5.27. The summed E-state index contributed by atoms with van der Waals surface area (Å²) in [6, 6.07) is 5.86. The predicted octanol–water partition coefficient (Wildman–Crippen LogP) is 1.96. The Morgan fingerprint density at radius 2 is 2.21 bits per heavy atom. The lowest BCUT2D eigenvalue weighted by Crippen LogP contribution is -2.21. The van der Waals surface area contributed by atoms with Gasteiger partial charge in [-0.05, 0) is 28.1 Å². The molecule has 72 valence electrons. The van der Waals surface area contributed by atoms with E-state index in [2.05, 4.69) is 25.9 Å². The Hall–Kier alpha value is -1.14. The number of rotatable bonds is 1. The maximum Gasteiger partial charge on any atom is 0.213 e. The standard InChI is InChI=1S/C8H7BrN4S/c9-4-2-1-3-5-6(4)12-8(14-5)13-7(10)11/h1-3H,(H4,10,11,12,13). The number of fused-ring (bicyclic) bond motifs is 1. The summed E-state index contributed by atoms with van der Waals surface area (Å²) < 4.78 is 2.00. The van der Waals surface area contributed by atoms with Crippen molar-refractivity contribution < 1.29 is 0 Å². The quantitative estimate of drug-likeness (QED) is 0.614. The van der Waals surface area contributed by atoms with Crippen molar-refractivity contribution in [2.45, 2.75) is 0 Å². The van der Waals surface area contributed by atoms with Crippen LogP contribution in [0.25, 0.3) is 10.2 Å². The number of para-hydroxylation sites is 1. The maximum atomic E-state index is 5.27. The fourth-order valence-electron chi connectivity index (χ4n) is 1.06. The van der Waals surface area contributed by atoms with Gasteiger partial charge in [0.2, 0.25) is 5.13 Å². The first-order valence-corrected chi connectivity index (χ1v) is 5.42. The van der Waals surface area contributed by atoms with Crippen molar-refractivity contribution in [3.05, 3.63) is 22.7 Å². The molecule has 4 N–H and O–H groups in total. The summed E-state index contributed by atoms with van der Waals surface area (Å²) in [5, 5.41) is 0.576. The van der Waals surface area contributed by atoms with Crippen molar-refractivity contribution in [1.29, 1.82) is 0 Å². The SMILES string of the molecule is NC(N)=Nc1nc2c(Br)cccc2s1. The van der Waals surface area contributed by atoms with Crippen molar-refractivity contribution in [2.75, 3.05) is 0 Å². The van der Waals surface area contributed by atoms with Crippen LogP contribution in [0.1, 0.15) is 0 Å². The van der Waals surface area contributed by atoms with E-state index in [1.807, 2.05) is 18.2 Å². The van der Waals surface area contributed by atoms with E-state index in [1.165, 1.54) is 11.3 Å². The number of hydrogen-bond acceptors (Lipinski definition) is 3. The Labute approximate surface area is 92.8 Å². The van der Waals surface area contributed by atoms with Crippen molar-refractivity contribution in [2.24, 2.45) is 16.5 Å². The second kappa shape index (κ2) is 3.55. The molecule has 0 bridgehead atoms. The topological polar surface area (TPSA) is 77.3 Å². The molecule has 0 aliphatic carbocycles. The van der Waals surface area contributed by atoms with Crippen LogP contribution in [0.4, 0.5) is 5.13 Å². The normalized spacial score (nSPS) is 10.4. The molecule has 0 spiro atoms. The van der Waals surface area contributed by atoms with Crippen molar-refractivity contribution in [3.8, 4) is 0 Å².